The van der Waals surface area contributed by atoms with Crippen molar-refractivity contribution in [3.63, 3.8) is 0 Å². The summed E-state index contributed by atoms with van der Waals surface area (Å²) in [7, 11) is 0. The highest BCUT2D eigenvalue weighted by Gasteiger charge is 2.04. The van der Waals surface area contributed by atoms with Gasteiger partial charge < -0.3 is 15.8 Å². The molecule has 1 rings (SSSR count). The molecule has 5 heteroatoms. The molecule has 3 N–H and O–H groups in total. The van der Waals surface area contributed by atoms with Crippen LogP contribution in [-0.2, 0) is 11.3 Å². The van der Waals surface area contributed by atoms with Crippen LogP contribution in [0.5, 0.6) is 5.75 Å². The molecule has 0 radical (unpaired) electrons. The molecule has 88 valence electrons. The van der Waals surface area contributed by atoms with Crippen molar-refractivity contribution in [3.8, 4) is 5.75 Å². The number of nitrogens with one attached hydrogen (secondary N) is 1. The molecule has 0 aliphatic carbocycles. The van der Waals surface area contributed by atoms with Crippen LogP contribution in [0, 0.1) is 0 Å². The van der Waals surface area contributed by atoms with Crippen molar-refractivity contribution in [1.82, 2.24) is 5.32 Å². The zero-order valence-corrected chi connectivity index (χ0v) is 10.7. The third-order valence-corrected chi connectivity index (χ3v) is 2.57. The van der Waals surface area contributed by atoms with Gasteiger partial charge in [0.1, 0.15) is 5.75 Å². The molecule has 0 saturated carbocycles. The number of nitrogens with two attached hydrogens (primary N) is 1. The fraction of sp³-hybridized carbons (Fsp3) is 0.364. The normalized spacial score (nSPS) is 10.1. The van der Waals surface area contributed by atoms with Gasteiger partial charge in [-0.3, -0.25) is 4.79 Å². The van der Waals surface area contributed by atoms with Crippen LogP contribution in [0.4, 0.5) is 0 Å². The zero-order chi connectivity index (χ0) is 12.0. The van der Waals surface area contributed by atoms with Crippen molar-refractivity contribution in [3.05, 3.63) is 28.2 Å². The molecular weight excluding hydrogens is 272 g/mol. The Morgan fingerprint density at radius 3 is 2.88 bits per heavy atom. The number of hydrogen-bond acceptors (Lipinski definition) is 3. The summed E-state index contributed by atoms with van der Waals surface area (Å²) >= 11 is 3.38. The fourth-order valence-electron chi connectivity index (χ4n) is 1.19. The van der Waals surface area contributed by atoms with E-state index in [2.05, 4.69) is 28.2 Å². The van der Waals surface area contributed by atoms with Crippen LogP contribution >= 0.6 is 15.9 Å². The lowest BCUT2D eigenvalue weighted by Crippen LogP contribution is -2.20. The maximum Gasteiger partial charge on any atom is 0.255 e. The van der Waals surface area contributed by atoms with Crippen LogP contribution < -0.4 is 15.8 Å². The van der Waals surface area contributed by atoms with Crippen molar-refractivity contribution in [1.29, 1.82) is 0 Å². The summed E-state index contributed by atoms with van der Waals surface area (Å²) < 4.78 is 6.04. The summed E-state index contributed by atoms with van der Waals surface area (Å²) in [4.78, 5) is 10.6. The van der Waals surface area contributed by atoms with Crippen LogP contribution in [0.2, 0.25) is 0 Å². The predicted octanol–water partition coefficient (Wildman–Crippen LogP) is 1.42. The van der Waals surface area contributed by atoms with Gasteiger partial charge in [-0.25, -0.2) is 0 Å². The first-order valence-electron chi connectivity index (χ1n) is 5.03. The van der Waals surface area contributed by atoms with E-state index in [9.17, 15) is 4.79 Å². The molecule has 1 amide bonds. The van der Waals surface area contributed by atoms with Crippen LogP contribution in [0.3, 0.4) is 0 Å². The SMILES string of the molecule is CCNCc1ccc(OCC(N)=O)c(Br)c1. The van der Waals surface area contributed by atoms with Gasteiger partial charge in [0.15, 0.2) is 6.61 Å². The molecule has 0 fully saturated rings. The van der Waals surface area contributed by atoms with Gasteiger partial charge in [0.2, 0.25) is 0 Å². The Morgan fingerprint density at radius 1 is 1.56 bits per heavy atom. The van der Waals surface area contributed by atoms with Crippen molar-refractivity contribution in [2.75, 3.05) is 13.2 Å². The third-order valence-electron chi connectivity index (χ3n) is 1.95. The number of halogens is 1. The van der Waals surface area contributed by atoms with E-state index < -0.39 is 5.91 Å². The van der Waals surface area contributed by atoms with E-state index >= 15 is 0 Å². The van der Waals surface area contributed by atoms with Crippen molar-refractivity contribution < 1.29 is 9.53 Å². The average Bonchev–Trinajstić information content (AvgIpc) is 2.24. The lowest BCUT2D eigenvalue weighted by molar-refractivity contribution is -0.119. The fourth-order valence-corrected chi connectivity index (χ4v) is 1.73. The van der Waals surface area contributed by atoms with Gasteiger partial charge in [-0.05, 0) is 40.2 Å². The van der Waals surface area contributed by atoms with Crippen LogP contribution in [0.1, 0.15) is 12.5 Å². The molecule has 0 saturated heterocycles. The Labute approximate surface area is 103 Å². The second kappa shape index (κ2) is 6.50. The highest BCUT2D eigenvalue weighted by molar-refractivity contribution is 9.10. The highest BCUT2D eigenvalue weighted by Crippen LogP contribution is 2.25. The predicted molar refractivity (Wildman–Crippen MR) is 66.2 cm³/mol. The molecule has 0 aliphatic heterocycles. The Bertz CT molecular complexity index is 369. The summed E-state index contributed by atoms with van der Waals surface area (Å²) in [6.07, 6.45) is 0. The largest absolute Gasteiger partial charge is 0.483 e. The number of primary amides is 1. The van der Waals surface area contributed by atoms with Crippen LogP contribution in [-0.4, -0.2) is 19.1 Å². The first-order chi connectivity index (χ1) is 7.63. The van der Waals surface area contributed by atoms with Gasteiger partial charge in [-0.2, -0.15) is 0 Å². The summed E-state index contributed by atoms with van der Waals surface area (Å²) in [6, 6.07) is 5.72. The summed E-state index contributed by atoms with van der Waals surface area (Å²) in [5, 5.41) is 3.23. The number of ether oxygens (including phenoxy) is 1. The molecule has 0 heterocycles. The first kappa shape index (κ1) is 13.0. The minimum atomic E-state index is -0.483. The second-order valence-electron chi connectivity index (χ2n) is 3.30. The van der Waals surface area contributed by atoms with E-state index in [1.165, 1.54) is 0 Å². The summed E-state index contributed by atoms with van der Waals surface area (Å²) in [5.41, 5.74) is 6.15. The van der Waals surface area contributed by atoms with Crippen molar-refractivity contribution in [2.45, 2.75) is 13.5 Å². The van der Waals surface area contributed by atoms with E-state index in [4.69, 9.17) is 10.5 Å². The molecule has 1 aromatic rings. The Hall–Kier alpha value is -1.07. The smallest absolute Gasteiger partial charge is 0.255 e. The molecule has 1 aromatic carbocycles. The number of carbonyl (C=O) groups is 1. The van der Waals surface area contributed by atoms with Gasteiger partial charge in [-0.15, -0.1) is 0 Å². The molecule has 16 heavy (non-hydrogen) atoms. The maximum atomic E-state index is 10.6. The Kier molecular flexibility index (Phi) is 5.28. The minimum absolute atomic E-state index is 0.106. The Morgan fingerprint density at radius 2 is 2.31 bits per heavy atom. The number of hydrogen-bond donors (Lipinski definition) is 2. The summed E-state index contributed by atoms with van der Waals surface area (Å²) in [6.45, 7) is 3.69. The average molecular weight is 287 g/mol. The minimum Gasteiger partial charge on any atom is -0.483 e. The van der Waals surface area contributed by atoms with E-state index in [1.807, 2.05) is 18.2 Å². The van der Waals surface area contributed by atoms with Gasteiger partial charge in [0.25, 0.3) is 5.91 Å². The summed E-state index contributed by atoms with van der Waals surface area (Å²) in [5.74, 6) is 0.141. The maximum absolute atomic E-state index is 10.6. The molecule has 4 nitrogen and oxygen atoms in total. The lowest BCUT2D eigenvalue weighted by Gasteiger charge is -2.08. The standard InChI is InChI=1S/C11H15BrN2O2/c1-2-14-6-8-3-4-10(9(12)5-8)16-7-11(13)15/h3-5,14H,2,6-7H2,1H3,(H2,13,15). The van der Waals surface area contributed by atoms with Gasteiger partial charge in [0, 0.05) is 6.54 Å². The van der Waals surface area contributed by atoms with E-state index in [1.54, 1.807) is 0 Å². The van der Waals surface area contributed by atoms with E-state index in [-0.39, 0.29) is 6.61 Å². The molecule has 0 unspecified atom stereocenters. The van der Waals surface area contributed by atoms with E-state index in [0.717, 1.165) is 23.1 Å². The molecule has 0 aliphatic rings. The molecule has 0 bridgehead atoms. The highest BCUT2D eigenvalue weighted by atomic mass is 79.9. The second-order valence-corrected chi connectivity index (χ2v) is 4.15. The van der Waals surface area contributed by atoms with Crippen LogP contribution in [0.25, 0.3) is 0 Å². The molecule has 0 spiro atoms. The molecule has 0 aromatic heterocycles. The Balaban J connectivity index is 2.63. The van der Waals surface area contributed by atoms with Crippen molar-refractivity contribution >= 4 is 21.8 Å². The number of benzene rings is 1. The third kappa shape index (κ3) is 4.20. The number of rotatable bonds is 6. The van der Waals surface area contributed by atoms with E-state index in [0.29, 0.717) is 5.75 Å². The van der Waals surface area contributed by atoms with Crippen molar-refractivity contribution in [2.24, 2.45) is 5.73 Å². The topological polar surface area (TPSA) is 64.3 Å². The monoisotopic (exact) mass is 286 g/mol. The first-order valence-corrected chi connectivity index (χ1v) is 5.83. The quantitative estimate of drug-likeness (QED) is 0.831. The van der Waals surface area contributed by atoms with Crippen LogP contribution in [0.15, 0.2) is 22.7 Å². The molecular formula is C11H15BrN2O2. The van der Waals surface area contributed by atoms with Gasteiger partial charge >= 0.3 is 0 Å². The number of amides is 1. The lowest BCUT2D eigenvalue weighted by atomic mass is 10.2. The van der Waals surface area contributed by atoms with Gasteiger partial charge in [-0.1, -0.05) is 13.0 Å². The molecule has 0 atom stereocenters. The van der Waals surface area contributed by atoms with Gasteiger partial charge in [0.05, 0.1) is 4.47 Å². The number of carbonyl (C=O) groups excluding carboxylic acids is 1. The zero-order valence-electron chi connectivity index (χ0n) is 9.13.